The molecule has 0 aromatic rings. The Morgan fingerprint density at radius 1 is 0.812 bits per heavy atom. The van der Waals surface area contributed by atoms with Crippen molar-refractivity contribution in [3.05, 3.63) is 11.1 Å². The zero-order valence-electron chi connectivity index (χ0n) is 11.9. The van der Waals surface area contributed by atoms with Crippen molar-refractivity contribution in [3.63, 3.8) is 0 Å². The van der Waals surface area contributed by atoms with Crippen molar-refractivity contribution in [2.24, 2.45) is 11.8 Å². The SMILES string of the molecule is CC1=C(C)C[C@@H](CN(C)C)[C@@H](CN(C)C)C1. The van der Waals surface area contributed by atoms with Crippen LogP contribution in [0.4, 0.5) is 0 Å². The van der Waals surface area contributed by atoms with E-state index < -0.39 is 0 Å². The van der Waals surface area contributed by atoms with Crippen molar-refractivity contribution in [2.45, 2.75) is 26.7 Å². The summed E-state index contributed by atoms with van der Waals surface area (Å²) in [6.07, 6.45) is 2.59. The van der Waals surface area contributed by atoms with E-state index in [0.29, 0.717) is 0 Å². The lowest BCUT2D eigenvalue weighted by molar-refractivity contribution is 0.190. The molecule has 0 fully saturated rings. The van der Waals surface area contributed by atoms with Crippen molar-refractivity contribution in [2.75, 3.05) is 41.3 Å². The van der Waals surface area contributed by atoms with Crippen molar-refractivity contribution < 1.29 is 0 Å². The van der Waals surface area contributed by atoms with Gasteiger partial charge >= 0.3 is 0 Å². The van der Waals surface area contributed by atoms with Crippen molar-refractivity contribution in [1.82, 2.24) is 9.80 Å². The van der Waals surface area contributed by atoms with E-state index in [2.05, 4.69) is 51.8 Å². The molecule has 0 saturated carbocycles. The Labute approximate surface area is 101 Å². The first-order valence-corrected chi connectivity index (χ1v) is 6.34. The number of nitrogens with zero attached hydrogens (tertiary/aromatic N) is 2. The summed E-state index contributed by atoms with van der Waals surface area (Å²) in [6, 6.07) is 0. The van der Waals surface area contributed by atoms with Crippen LogP contribution in [0.1, 0.15) is 26.7 Å². The molecule has 2 nitrogen and oxygen atoms in total. The quantitative estimate of drug-likeness (QED) is 0.677. The van der Waals surface area contributed by atoms with Gasteiger partial charge in [-0.15, -0.1) is 0 Å². The molecular weight excluding hydrogens is 196 g/mol. The molecule has 1 aliphatic carbocycles. The molecule has 0 aliphatic heterocycles. The maximum absolute atomic E-state index is 2.33. The summed E-state index contributed by atoms with van der Waals surface area (Å²) in [5, 5.41) is 0. The monoisotopic (exact) mass is 224 g/mol. The molecule has 0 spiro atoms. The zero-order valence-corrected chi connectivity index (χ0v) is 11.9. The molecular formula is C14H28N2. The topological polar surface area (TPSA) is 6.48 Å². The van der Waals surface area contributed by atoms with Crippen LogP contribution >= 0.6 is 0 Å². The first-order chi connectivity index (χ1) is 7.40. The average molecular weight is 224 g/mol. The van der Waals surface area contributed by atoms with Crippen LogP contribution in [0.15, 0.2) is 11.1 Å². The van der Waals surface area contributed by atoms with Crippen LogP contribution in [0, 0.1) is 11.8 Å². The summed E-state index contributed by atoms with van der Waals surface area (Å²) in [5.74, 6) is 1.67. The Balaban J connectivity index is 2.69. The molecule has 0 bridgehead atoms. The fraction of sp³-hybridized carbons (Fsp3) is 0.857. The minimum absolute atomic E-state index is 0.834. The van der Waals surface area contributed by atoms with Crippen LogP contribution in [0.2, 0.25) is 0 Å². The first-order valence-electron chi connectivity index (χ1n) is 6.34. The fourth-order valence-corrected chi connectivity index (χ4v) is 2.83. The summed E-state index contributed by atoms with van der Waals surface area (Å²) in [7, 11) is 8.75. The number of hydrogen-bond donors (Lipinski definition) is 0. The summed E-state index contributed by atoms with van der Waals surface area (Å²) in [6.45, 7) is 7.07. The van der Waals surface area contributed by atoms with Crippen LogP contribution < -0.4 is 0 Å². The smallest absolute Gasteiger partial charge is 0.000987 e. The molecule has 1 rings (SSSR count). The Hall–Kier alpha value is -0.340. The van der Waals surface area contributed by atoms with Gasteiger partial charge in [0.05, 0.1) is 0 Å². The lowest BCUT2D eigenvalue weighted by Crippen LogP contribution is -2.36. The molecule has 2 atom stereocenters. The van der Waals surface area contributed by atoms with Crippen LogP contribution in [0.5, 0.6) is 0 Å². The highest BCUT2D eigenvalue weighted by molar-refractivity contribution is 5.15. The number of rotatable bonds is 4. The molecule has 94 valence electrons. The second-order valence-electron chi connectivity index (χ2n) is 6.01. The Kier molecular flexibility index (Phi) is 5.00. The van der Waals surface area contributed by atoms with E-state index in [1.54, 1.807) is 11.1 Å². The molecule has 0 heterocycles. The minimum Gasteiger partial charge on any atom is -0.309 e. The third-order valence-corrected chi connectivity index (χ3v) is 3.73. The molecule has 0 N–H and O–H groups in total. The molecule has 16 heavy (non-hydrogen) atoms. The van der Waals surface area contributed by atoms with Crippen LogP contribution in [-0.4, -0.2) is 51.1 Å². The van der Waals surface area contributed by atoms with Gasteiger partial charge in [-0.25, -0.2) is 0 Å². The lowest BCUT2D eigenvalue weighted by atomic mass is 9.76. The van der Waals surface area contributed by atoms with Crippen LogP contribution in [0.25, 0.3) is 0 Å². The van der Waals surface area contributed by atoms with Gasteiger partial charge in [-0.1, -0.05) is 11.1 Å². The van der Waals surface area contributed by atoms with Gasteiger partial charge in [0.2, 0.25) is 0 Å². The highest BCUT2D eigenvalue weighted by atomic mass is 15.1. The molecule has 0 unspecified atom stereocenters. The van der Waals surface area contributed by atoms with Gasteiger partial charge in [-0.2, -0.15) is 0 Å². The summed E-state index contributed by atoms with van der Waals surface area (Å²) in [4.78, 5) is 4.67. The maximum Gasteiger partial charge on any atom is 0.000987 e. The van der Waals surface area contributed by atoms with E-state index in [0.717, 1.165) is 11.8 Å². The lowest BCUT2D eigenvalue weighted by Gasteiger charge is -2.36. The molecule has 1 aliphatic rings. The summed E-state index contributed by atoms with van der Waals surface area (Å²) >= 11 is 0. The van der Waals surface area contributed by atoms with E-state index in [1.807, 2.05) is 0 Å². The van der Waals surface area contributed by atoms with Gasteiger partial charge in [0, 0.05) is 13.1 Å². The normalized spacial score (nSPS) is 27.0. The zero-order chi connectivity index (χ0) is 12.3. The second kappa shape index (κ2) is 5.83. The molecule has 0 aromatic heterocycles. The highest BCUT2D eigenvalue weighted by Gasteiger charge is 2.27. The van der Waals surface area contributed by atoms with Gasteiger partial charge in [-0.05, 0) is 66.7 Å². The Morgan fingerprint density at radius 2 is 1.12 bits per heavy atom. The van der Waals surface area contributed by atoms with E-state index in [4.69, 9.17) is 0 Å². The fourth-order valence-electron chi connectivity index (χ4n) is 2.83. The van der Waals surface area contributed by atoms with Gasteiger partial charge in [-0.3, -0.25) is 0 Å². The van der Waals surface area contributed by atoms with Crippen LogP contribution in [-0.2, 0) is 0 Å². The van der Waals surface area contributed by atoms with Gasteiger partial charge in [0.1, 0.15) is 0 Å². The predicted molar refractivity (Wildman–Crippen MR) is 71.7 cm³/mol. The van der Waals surface area contributed by atoms with E-state index in [-0.39, 0.29) is 0 Å². The van der Waals surface area contributed by atoms with Gasteiger partial charge in [0.15, 0.2) is 0 Å². The molecule has 0 radical (unpaired) electrons. The molecule has 2 heteroatoms. The van der Waals surface area contributed by atoms with Gasteiger partial charge < -0.3 is 9.80 Å². The third-order valence-electron chi connectivity index (χ3n) is 3.73. The van der Waals surface area contributed by atoms with Crippen molar-refractivity contribution >= 4 is 0 Å². The second-order valence-corrected chi connectivity index (χ2v) is 6.01. The van der Waals surface area contributed by atoms with Crippen LogP contribution in [0.3, 0.4) is 0 Å². The third kappa shape index (κ3) is 3.91. The predicted octanol–water partition coefficient (Wildman–Crippen LogP) is 2.47. The molecule has 0 amide bonds. The molecule has 0 saturated heterocycles. The maximum atomic E-state index is 2.33. The number of hydrogen-bond acceptors (Lipinski definition) is 2. The Morgan fingerprint density at radius 3 is 1.38 bits per heavy atom. The summed E-state index contributed by atoms with van der Waals surface area (Å²) < 4.78 is 0. The minimum atomic E-state index is 0.834. The average Bonchev–Trinajstić information content (AvgIpc) is 2.11. The van der Waals surface area contributed by atoms with Crippen molar-refractivity contribution in [3.8, 4) is 0 Å². The standard InChI is InChI=1S/C14H28N2/c1-11-7-13(9-15(3)4)14(8-12(11)2)10-16(5)6/h13-14H,7-10H2,1-6H3/t13-,14+. The van der Waals surface area contributed by atoms with E-state index in [9.17, 15) is 0 Å². The molecule has 0 aromatic carbocycles. The highest BCUT2D eigenvalue weighted by Crippen LogP contribution is 2.34. The largest absolute Gasteiger partial charge is 0.309 e. The Bertz CT molecular complexity index is 227. The first kappa shape index (κ1) is 13.7. The van der Waals surface area contributed by atoms with E-state index in [1.165, 1.54) is 25.9 Å². The number of allylic oxidation sites excluding steroid dienone is 2. The van der Waals surface area contributed by atoms with Gasteiger partial charge in [0.25, 0.3) is 0 Å². The van der Waals surface area contributed by atoms with Crippen molar-refractivity contribution in [1.29, 1.82) is 0 Å². The van der Waals surface area contributed by atoms with E-state index >= 15 is 0 Å². The summed E-state index contributed by atoms with van der Waals surface area (Å²) in [5.41, 5.74) is 3.25.